The van der Waals surface area contributed by atoms with Crippen LogP contribution in [0.15, 0.2) is 35.9 Å². The van der Waals surface area contributed by atoms with Crippen LogP contribution in [-0.2, 0) is 22.0 Å². The molecule has 1 heterocycles. The Labute approximate surface area is 163 Å². The van der Waals surface area contributed by atoms with E-state index in [1.165, 1.54) is 36.6 Å². The number of nitrogens with zero attached hydrogens (tertiary/aromatic N) is 1. The fourth-order valence-corrected chi connectivity index (χ4v) is 4.77. The number of rotatable bonds is 4. The maximum absolute atomic E-state index is 10.8. The largest absolute Gasteiger partial charge is 0.478 e. The molecule has 3 nitrogen and oxygen atoms in total. The van der Waals surface area contributed by atoms with Crippen LogP contribution in [0.2, 0.25) is 0 Å². The van der Waals surface area contributed by atoms with Gasteiger partial charge in [0.2, 0.25) is 0 Å². The van der Waals surface area contributed by atoms with E-state index in [1.807, 2.05) is 13.0 Å². The first-order chi connectivity index (χ1) is 12.6. The van der Waals surface area contributed by atoms with Gasteiger partial charge in [0, 0.05) is 24.9 Å². The molecule has 0 aromatic heterocycles. The Morgan fingerprint density at radius 3 is 2.59 bits per heavy atom. The minimum Gasteiger partial charge on any atom is -0.478 e. The summed E-state index contributed by atoms with van der Waals surface area (Å²) in [6.45, 7) is 13.3. The normalized spacial score (nSPS) is 21.1. The standard InChI is InChI=1S/C24H33NO2/c1-17(16-21(26)27)8-6-14-25-15-7-9-18-20(25)11-10-19-22(18)24(4,5)13-12-23(19,2)3/h6,8,10-11,16H,7,9,12-15H2,1-5H3,(H,26,27)/b8-6+,17-16+. The summed E-state index contributed by atoms with van der Waals surface area (Å²) in [4.78, 5) is 13.2. The van der Waals surface area contributed by atoms with E-state index >= 15 is 0 Å². The zero-order valence-electron chi connectivity index (χ0n) is 17.4. The molecule has 3 rings (SSSR count). The number of carboxylic acids is 1. The van der Waals surface area contributed by atoms with Crippen LogP contribution in [0, 0.1) is 0 Å². The van der Waals surface area contributed by atoms with Crippen molar-refractivity contribution >= 4 is 11.7 Å². The van der Waals surface area contributed by atoms with Gasteiger partial charge in [0.1, 0.15) is 0 Å². The van der Waals surface area contributed by atoms with Crippen molar-refractivity contribution in [1.82, 2.24) is 0 Å². The number of aliphatic carboxylic acids is 1. The minimum absolute atomic E-state index is 0.232. The lowest BCUT2D eigenvalue weighted by molar-refractivity contribution is -0.131. The summed E-state index contributed by atoms with van der Waals surface area (Å²) in [5.74, 6) is -0.892. The second kappa shape index (κ2) is 7.18. The molecule has 3 heteroatoms. The van der Waals surface area contributed by atoms with Crippen LogP contribution in [0.3, 0.4) is 0 Å². The molecule has 27 heavy (non-hydrogen) atoms. The summed E-state index contributed by atoms with van der Waals surface area (Å²) in [6.07, 6.45) is 10.1. The van der Waals surface area contributed by atoms with Crippen molar-refractivity contribution < 1.29 is 9.90 Å². The second-order valence-electron chi connectivity index (χ2n) is 9.43. The van der Waals surface area contributed by atoms with E-state index in [4.69, 9.17) is 5.11 Å². The second-order valence-corrected chi connectivity index (χ2v) is 9.43. The minimum atomic E-state index is -0.892. The van der Waals surface area contributed by atoms with Gasteiger partial charge < -0.3 is 10.0 Å². The van der Waals surface area contributed by atoms with Crippen molar-refractivity contribution in [2.75, 3.05) is 18.0 Å². The summed E-state index contributed by atoms with van der Waals surface area (Å²) in [5.41, 5.74) is 7.30. The highest BCUT2D eigenvalue weighted by molar-refractivity contribution is 5.81. The van der Waals surface area contributed by atoms with E-state index in [1.54, 1.807) is 11.1 Å². The maximum atomic E-state index is 10.8. The van der Waals surface area contributed by atoms with Gasteiger partial charge in [0.25, 0.3) is 0 Å². The van der Waals surface area contributed by atoms with Crippen molar-refractivity contribution in [3.63, 3.8) is 0 Å². The van der Waals surface area contributed by atoms with Gasteiger partial charge in [0.05, 0.1) is 0 Å². The average molecular weight is 368 g/mol. The number of carboxylic acid groups (broad SMARTS) is 1. The van der Waals surface area contributed by atoms with E-state index in [0.717, 1.165) is 25.1 Å². The van der Waals surface area contributed by atoms with Crippen LogP contribution in [-0.4, -0.2) is 24.2 Å². The molecule has 0 amide bonds. The van der Waals surface area contributed by atoms with E-state index in [0.29, 0.717) is 0 Å². The predicted octanol–water partition coefficient (Wildman–Crippen LogP) is 5.38. The zero-order chi connectivity index (χ0) is 19.8. The molecular formula is C24H33NO2. The lowest BCUT2D eigenvalue weighted by Crippen LogP contribution is -2.38. The highest BCUT2D eigenvalue weighted by Gasteiger charge is 2.39. The third-order valence-electron chi connectivity index (χ3n) is 6.32. The fourth-order valence-electron chi connectivity index (χ4n) is 4.77. The molecule has 0 radical (unpaired) electrons. The van der Waals surface area contributed by atoms with Crippen LogP contribution < -0.4 is 4.90 Å². The fraction of sp³-hybridized carbons (Fsp3) is 0.542. The Balaban J connectivity index is 1.94. The molecule has 2 aliphatic rings. The van der Waals surface area contributed by atoms with Gasteiger partial charge in [-0.3, -0.25) is 0 Å². The number of hydrogen-bond donors (Lipinski definition) is 1. The van der Waals surface area contributed by atoms with Crippen LogP contribution in [0.1, 0.15) is 70.6 Å². The van der Waals surface area contributed by atoms with E-state index in [9.17, 15) is 4.79 Å². The van der Waals surface area contributed by atoms with Crippen LogP contribution >= 0.6 is 0 Å². The Bertz CT molecular complexity index is 799. The van der Waals surface area contributed by atoms with E-state index in [2.05, 4.69) is 50.8 Å². The molecule has 1 aromatic rings. The molecule has 0 saturated carbocycles. The van der Waals surface area contributed by atoms with E-state index in [-0.39, 0.29) is 10.8 Å². The summed E-state index contributed by atoms with van der Waals surface area (Å²) in [5, 5.41) is 8.85. The van der Waals surface area contributed by atoms with Crippen LogP contribution in [0.25, 0.3) is 0 Å². The monoisotopic (exact) mass is 367 g/mol. The molecule has 146 valence electrons. The number of allylic oxidation sites excluding steroid dienone is 2. The van der Waals surface area contributed by atoms with Gasteiger partial charge in [-0.05, 0) is 71.8 Å². The first-order valence-electron chi connectivity index (χ1n) is 10.1. The van der Waals surface area contributed by atoms with Gasteiger partial charge >= 0.3 is 5.97 Å². The first-order valence-corrected chi connectivity index (χ1v) is 10.1. The highest BCUT2D eigenvalue weighted by Crippen LogP contribution is 2.49. The SMILES string of the molecule is CC(/C=C/CN1CCCc2c1ccc1c2C(C)(C)CCC1(C)C)=C\C(=O)O. The third kappa shape index (κ3) is 3.97. The molecule has 0 saturated heterocycles. The average Bonchev–Trinajstić information content (AvgIpc) is 2.57. The summed E-state index contributed by atoms with van der Waals surface area (Å²) in [6, 6.07) is 4.69. The Kier molecular flexibility index (Phi) is 5.24. The molecule has 0 spiro atoms. The maximum Gasteiger partial charge on any atom is 0.328 e. The quantitative estimate of drug-likeness (QED) is 0.574. The van der Waals surface area contributed by atoms with Crippen molar-refractivity contribution in [2.45, 2.75) is 71.1 Å². The van der Waals surface area contributed by atoms with Crippen molar-refractivity contribution in [3.8, 4) is 0 Å². The zero-order valence-corrected chi connectivity index (χ0v) is 17.4. The number of hydrogen-bond acceptors (Lipinski definition) is 2. The smallest absolute Gasteiger partial charge is 0.328 e. The molecule has 0 atom stereocenters. The number of carbonyl (C=O) groups is 1. The van der Waals surface area contributed by atoms with Crippen molar-refractivity contribution in [2.24, 2.45) is 0 Å². The van der Waals surface area contributed by atoms with Gasteiger partial charge in [-0.15, -0.1) is 0 Å². The number of fused-ring (bicyclic) bond motifs is 3. The molecule has 0 unspecified atom stereocenters. The topological polar surface area (TPSA) is 40.5 Å². The van der Waals surface area contributed by atoms with Gasteiger partial charge in [-0.1, -0.05) is 45.9 Å². The Hall–Kier alpha value is -2.03. The molecular weight excluding hydrogens is 334 g/mol. The van der Waals surface area contributed by atoms with Crippen molar-refractivity contribution in [3.05, 3.63) is 52.6 Å². The lowest BCUT2D eigenvalue weighted by atomic mass is 9.61. The summed E-state index contributed by atoms with van der Waals surface area (Å²) >= 11 is 0. The number of anilines is 1. The third-order valence-corrected chi connectivity index (χ3v) is 6.32. The van der Waals surface area contributed by atoms with Crippen molar-refractivity contribution in [1.29, 1.82) is 0 Å². The Morgan fingerprint density at radius 2 is 1.89 bits per heavy atom. The first kappa shape index (κ1) is 19.7. The summed E-state index contributed by atoms with van der Waals surface area (Å²) in [7, 11) is 0. The Morgan fingerprint density at radius 1 is 1.19 bits per heavy atom. The molecule has 1 N–H and O–H groups in total. The molecule has 0 fully saturated rings. The molecule has 0 bridgehead atoms. The lowest BCUT2D eigenvalue weighted by Gasteiger charge is -2.45. The highest BCUT2D eigenvalue weighted by atomic mass is 16.4. The molecule has 1 aliphatic heterocycles. The van der Waals surface area contributed by atoms with Crippen LogP contribution in [0.4, 0.5) is 5.69 Å². The van der Waals surface area contributed by atoms with Crippen LogP contribution in [0.5, 0.6) is 0 Å². The van der Waals surface area contributed by atoms with Gasteiger partial charge in [-0.2, -0.15) is 0 Å². The number of benzene rings is 1. The van der Waals surface area contributed by atoms with Gasteiger partial charge in [0.15, 0.2) is 0 Å². The molecule has 1 aromatic carbocycles. The van der Waals surface area contributed by atoms with E-state index < -0.39 is 5.97 Å². The molecule has 1 aliphatic carbocycles. The summed E-state index contributed by atoms with van der Waals surface area (Å²) < 4.78 is 0. The van der Waals surface area contributed by atoms with Gasteiger partial charge in [-0.25, -0.2) is 4.79 Å². The predicted molar refractivity (Wildman–Crippen MR) is 113 cm³/mol.